The van der Waals surface area contributed by atoms with Crippen molar-refractivity contribution < 1.29 is 14.7 Å². The van der Waals surface area contributed by atoms with Crippen molar-refractivity contribution in [1.82, 2.24) is 9.99 Å². The van der Waals surface area contributed by atoms with Crippen molar-refractivity contribution in [3.05, 3.63) is 59.7 Å². The summed E-state index contributed by atoms with van der Waals surface area (Å²) >= 11 is 0. The third kappa shape index (κ3) is 1.90. The molecule has 23 heavy (non-hydrogen) atoms. The highest BCUT2D eigenvalue weighted by Crippen LogP contribution is 2.35. The first kappa shape index (κ1) is 13.2. The van der Waals surface area contributed by atoms with Crippen LogP contribution in [0.1, 0.15) is 20.7 Å². The predicted octanol–water partition coefficient (Wildman–Crippen LogP) is 3.17. The largest absolute Gasteiger partial charge is 0.493 e. The molecule has 0 spiro atoms. The number of para-hydroxylation sites is 1. The topological polar surface area (TPSA) is 98.1 Å². The molecule has 1 aliphatic rings. The second kappa shape index (κ2) is 4.77. The molecule has 0 saturated heterocycles. The van der Waals surface area contributed by atoms with Gasteiger partial charge in [0.25, 0.3) is 11.8 Å². The molecule has 0 aliphatic carbocycles. The number of hydrogen-bond donors (Lipinski definition) is 2. The second-order valence-electron chi connectivity index (χ2n) is 5.02. The van der Waals surface area contributed by atoms with Crippen molar-refractivity contribution in [2.24, 2.45) is 10.3 Å². The normalized spacial score (nSPS) is 14.2. The van der Waals surface area contributed by atoms with E-state index in [2.05, 4.69) is 15.3 Å². The van der Waals surface area contributed by atoms with Crippen molar-refractivity contribution in [2.45, 2.75) is 0 Å². The third-order valence-corrected chi connectivity index (χ3v) is 3.67. The molecule has 4 rings (SSSR count). The Balaban J connectivity index is 1.74. The number of aromatic hydroxyl groups is 1. The number of carbonyl (C=O) groups is 2. The Morgan fingerprint density at radius 1 is 0.913 bits per heavy atom. The van der Waals surface area contributed by atoms with Crippen molar-refractivity contribution in [1.29, 1.82) is 0 Å². The zero-order valence-corrected chi connectivity index (χ0v) is 11.7. The second-order valence-corrected chi connectivity index (χ2v) is 5.02. The Bertz CT molecular complexity index is 955. The van der Waals surface area contributed by atoms with Crippen molar-refractivity contribution in [3.63, 3.8) is 0 Å². The maximum Gasteiger partial charge on any atom is 0.283 e. The molecule has 0 radical (unpaired) electrons. The summed E-state index contributed by atoms with van der Waals surface area (Å²) in [6, 6.07) is 13.6. The van der Waals surface area contributed by atoms with E-state index >= 15 is 0 Å². The van der Waals surface area contributed by atoms with Gasteiger partial charge in [-0.25, -0.2) is 0 Å². The van der Waals surface area contributed by atoms with E-state index in [0.717, 1.165) is 0 Å². The van der Waals surface area contributed by atoms with Crippen LogP contribution in [0.5, 0.6) is 5.88 Å². The molecular formula is C16H10N4O3. The van der Waals surface area contributed by atoms with Gasteiger partial charge in [0.2, 0.25) is 5.88 Å². The molecule has 0 fully saturated rings. The van der Waals surface area contributed by atoms with Gasteiger partial charge < -0.3 is 10.1 Å². The average molecular weight is 306 g/mol. The lowest BCUT2D eigenvalue weighted by Gasteiger charge is -2.03. The van der Waals surface area contributed by atoms with Crippen LogP contribution in [0.2, 0.25) is 0 Å². The number of aromatic amines is 1. The van der Waals surface area contributed by atoms with E-state index < -0.39 is 11.8 Å². The van der Waals surface area contributed by atoms with Crippen LogP contribution >= 0.6 is 0 Å². The molecule has 7 heteroatoms. The van der Waals surface area contributed by atoms with Gasteiger partial charge in [-0.05, 0) is 18.2 Å². The highest BCUT2D eigenvalue weighted by Gasteiger charge is 2.36. The zero-order chi connectivity index (χ0) is 16.0. The molecule has 1 aliphatic heterocycles. The summed E-state index contributed by atoms with van der Waals surface area (Å²) in [5.41, 5.74) is 1.44. The molecule has 0 atom stereocenters. The van der Waals surface area contributed by atoms with Crippen molar-refractivity contribution in [3.8, 4) is 5.88 Å². The first-order valence-corrected chi connectivity index (χ1v) is 6.86. The van der Waals surface area contributed by atoms with Crippen LogP contribution in [0, 0.1) is 0 Å². The molecule has 0 unspecified atom stereocenters. The van der Waals surface area contributed by atoms with Gasteiger partial charge in [0.05, 0.1) is 16.6 Å². The number of carbonyl (C=O) groups excluding carboxylic acids is 2. The van der Waals surface area contributed by atoms with E-state index in [1.54, 1.807) is 42.5 Å². The lowest BCUT2D eigenvalue weighted by atomic mass is 10.1. The minimum atomic E-state index is -0.534. The fourth-order valence-corrected chi connectivity index (χ4v) is 2.56. The lowest BCUT2D eigenvalue weighted by Crippen LogP contribution is -2.23. The maximum atomic E-state index is 12.2. The molecule has 112 valence electrons. The SMILES string of the molecule is O=C1c2ccccc2C(=O)N1N=Nc1c(O)[nH]c2ccccc12. The summed E-state index contributed by atoms with van der Waals surface area (Å²) in [6.07, 6.45) is 0. The van der Waals surface area contributed by atoms with Gasteiger partial charge in [-0.2, -0.15) is 0 Å². The summed E-state index contributed by atoms with van der Waals surface area (Å²) in [5.74, 6) is -1.24. The first-order valence-electron chi connectivity index (χ1n) is 6.86. The number of nitrogens with zero attached hydrogens (tertiary/aromatic N) is 3. The van der Waals surface area contributed by atoms with Gasteiger partial charge in [0.1, 0.15) is 0 Å². The molecule has 2 N–H and O–H groups in total. The van der Waals surface area contributed by atoms with Crippen LogP contribution in [0.4, 0.5) is 5.69 Å². The summed E-state index contributed by atoms with van der Waals surface area (Å²) in [7, 11) is 0. The fourth-order valence-electron chi connectivity index (χ4n) is 2.56. The van der Waals surface area contributed by atoms with Gasteiger partial charge in [0.15, 0.2) is 5.69 Å². The molecule has 7 nitrogen and oxygen atoms in total. The molecule has 1 aromatic heterocycles. The van der Waals surface area contributed by atoms with Gasteiger partial charge in [-0.1, -0.05) is 35.6 Å². The molecule has 2 amide bonds. The molecule has 2 aromatic carbocycles. The van der Waals surface area contributed by atoms with Gasteiger partial charge in [-0.3, -0.25) is 9.59 Å². The molecule has 0 bridgehead atoms. The van der Waals surface area contributed by atoms with Crippen LogP contribution in [0.25, 0.3) is 10.9 Å². The number of H-pyrrole nitrogens is 1. The quantitative estimate of drug-likeness (QED) is 0.562. The minimum Gasteiger partial charge on any atom is -0.493 e. The summed E-state index contributed by atoms with van der Waals surface area (Å²) in [6.45, 7) is 0. The molecular weight excluding hydrogens is 296 g/mol. The van der Waals surface area contributed by atoms with Gasteiger partial charge in [0, 0.05) is 5.39 Å². The molecule has 2 heterocycles. The van der Waals surface area contributed by atoms with Crippen LogP contribution < -0.4 is 0 Å². The van der Waals surface area contributed by atoms with Gasteiger partial charge >= 0.3 is 0 Å². The van der Waals surface area contributed by atoms with Crippen molar-refractivity contribution in [2.75, 3.05) is 0 Å². The number of imide groups is 1. The standard InChI is InChI=1S/C16H10N4O3/c21-14-13(11-7-3-4-8-12(11)17-14)18-19-20-15(22)9-5-1-2-6-10(9)16(20)23/h1-8,17,21H. The Labute approximate surface area is 129 Å². The van der Waals surface area contributed by atoms with Crippen molar-refractivity contribution >= 4 is 28.4 Å². The monoisotopic (exact) mass is 306 g/mol. The van der Waals surface area contributed by atoms with E-state index in [4.69, 9.17) is 0 Å². The van der Waals surface area contributed by atoms with E-state index in [1.807, 2.05) is 6.07 Å². The van der Waals surface area contributed by atoms with E-state index in [0.29, 0.717) is 27.0 Å². The minimum absolute atomic E-state index is 0.174. The molecule has 3 aromatic rings. The highest BCUT2D eigenvalue weighted by molar-refractivity contribution is 6.21. The Morgan fingerprint density at radius 2 is 1.52 bits per heavy atom. The molecule has 0 saturated carbocycles. The average Bonchev–Trinajstić information content (AvgIpc) is 3.01. The number of fused-ring (bicyclic) bond motifs is 2. The predicted molar refractivity (Wildman–Crippen MR) is 81.4 cm³/mol. The summed E-state index contributed by atoms with van der Waals surface area (Å²) < 4.78 is 0. The summed E-state index contributed by atoms with van der Waals surface area (Å²) in [5, 5.41) is 18.9. The highest BCUT2D eigenvalue weighted by atomic mass is 16.3. The van der Waals surface area contributed by atoms with E-state index in [1.165, 1.54) is 0 Å². The van der Waals surface area contributed by atoms with Crippen LogP contribution in [0.15, 0.2) is 58.9 Å². The van der Waals surface area contributed by atoms with E-state index in [9.17, 15) is 14.7 Å². The van der Waals surface area contributed by atoms with Crippen LogP contribution in [-0.2, 0) is 0 Å². The Kier molecular flexibility index (Phi) is 2.74. The third-order valence-electron chi connectivity index (χ3n) is 3.67. The number of rotatable bonds is 2. The smallest absolute Gasteiger partial charge is 0.283 e. The number of amides is 2. The Morgan fingerprint density at radius 3 is 2.22 bits per heavy atom. The van der Waals surface area contributed by atoms with Crippen LogP contribution in [0.3, 0.4) is 0 Å². The number of nitrogens with one attached hydrogen (secondary N) is 1. The fraction of sp³-hybridized carbons (Fsp3) is 0. The maximum absolute atomic E-state index is 12.2. The summed E-state index contributed by atoms with van der Waals surface area (Å²) in [4.78, 5) is 27.1. The number of benzene rings is 2. The zero-order valence-electron chi connectivity index (χ0n) is 11.7. The number of hydrogen-bond acceptors (Lipinski definition) is 5. The van der Waals surface area contributed by atoms with Gasteiger partial charge in [-0.15, -0.1) is 10.1 Å². The Hall–Kier alpha value is -3.48. The van der Waals surface area contributed by atoms with E-state index in [-0.39, 0.29) is 11.6 Å². The lowest BCUT2D eigenvalue weighted by molar-refractivity contribution is 0.0646. The van der Waals surface area contributed by atoms with Crippen LogP contribution in [-0.4, -0.2) is 26.9 Å². The number of aromatic nitrogens is 1. The first-order chi connectivity index (χ1) is 11.2.